The van der Waals surface area contributed by atoms with Gasteiger partial charge in [0, 0.05) is 12.5 Å². The molecule has 3 aromatic carbocycles. The number of rotatable bonds is 9. The Balaban J connectivity index is 1.34. The molecule has 7 nitrogen and oxygen atoms in total. The number of ether oxygens (including phenoxy) is 1. The molecule has 1 aliphatic rings. The molecule has 1 atom stereocenters. The second-order valence-corrected chi connectivity index (χ2v) is 8.27. The molecule has 2 amide bonds. The zero-order chi connectivity index (χ0) is 24.8. The van der Waals surface area contributed by atoms with Crippen LogP contribution in [0, 0.1) is 0 Å². The maximum Gasteiger partial charge on any atom is 0.407 e. The van der Waals surface area contributed by atoms with Gasteiger partial charge in [-0.05, 0) is 46.4 Å². The van der Waals surface area contributed by atoms with Crippen LogP contribution in [0.15, 0.2) is 85.5 Å². The maximum absolute atomic E-state index is 12.7. The summed E-state index contributed by atoms with van der Waals surface area (Å²) in [6.07, 6.45) is 1.10. The second kappa shape index (κ2) is 10.7. The predicted octanol–water partition coefficient (Wildman–Crippen LogP) is 4.48. The molecule has 0 fully saturated rings. The van der Waals surface area contributed by atoms with E-state index in [4.69, 9.17) is 9.84 Å². The molecule has 35 heavy (non-hydrogen) atoms. The first-order chi connectivity index (χ1) is 17.0. The van der Waals surface area contributed by atoms with Crippen LogP contribution in [0.3, 0.4) is 0 Å². The molecule has 0 spiro atoms. The average Bonchev–Trinajstić information content (AvgIpc) is 3.19. The molecular formula is C28H26N2O5. The third-order valence-corrected chi connectivity index (χ3v) is 6.02. The second-order valence-electron chi connectivity index (χ2n) is 8.27. The Labute approximate surface area is 203 Å². The summed E-state index contributed by atoms with van der Waals surface area (Å²) in [7, 11) is 0. The van der Waals surface area contributed by atoms with Crippen molar-refractivity contribution in [2.24, 2.45) is 0 Å². The van der Waals surface area contributed by atoms with Crippen molar-refractivity contribution < 1.29 is 24.2 Å². The molecule has 0 radical (unpaired) electrons. The Morgan fingerprint density at radius 3 is 2.11 bits per heavy atom. The van der Waals surface area contributed by atoms with E-state index < -0.39 is 18.1 Å². The number of benzene rings is 3. The minimum absolute atomic E-state index is 0.0754. The fraction of sp³-hybridized carbons (Fsp3) is 0.179. The van der Waals surface area contributed by atoms with E-state index in [-0.39, 0.29) is 37.0 Å². The lowest BCUT2D eigenvalue weighted by Crippen LogP contribution is -2.46. The van der Waals surface area contributed by atoms with E-state index in [0.717, 1.165) is 27.8 Å². The van der Waals surface area contributed by atoms with Crippen LogP contribution in [-0.4, -0.2) is 35.7 Å². The van der Waals surface area contributed by atoms with Crippen molar-refractivity contribution in [2.75, 3.05) is 6.61 Å². The molecule has 0 aromatic heterocycles. The van der Waals surface area contributed by atoms with Gasteiger partial charge in [0.15, 0.2) is 0 Å². The third kappa shape index (κ3) is 5.41. The minimum atomic E-state index is -1.01. The number of nitrogens with one attached hydrogen (secondary N) is 2. The summed E-state index contributed by atoms with van der Waals surface area (Å²) in [4.78, 5) is 36.2. The topological polar surface area (TPSA) is 105 Å². The van der Waals surface area contributed by atoms with Crippen molar-refractivity contribution in [2.45, 2.75) is 24.9 Å². The van der Waals surface area contributed by atoms with Crippen LogP contribution in [0.4, 0.5) is 4.79 Å². The van der Waals surface area contributed by atoms with E-state index in [2.05, 4.69) is 29.3 Å². The SMILES string of the molecule is C=CCC(NC(=O)OCC1c2ccccc2-c2ccccc21)C(=O)NCc1ccc(C(=O)O)cc1. The van der Waals surface area contributed by atoms with Gasteiger partial charge in [-0.3, -0.25) is 4.79 Å². The Hall–Kier alpha value is -4.39. The van der Waals surface area contributed by atoms with E-state index in [0.29, 0.717) is 0 Å². The van der Waals surface area contributed by atoms with E-state index in [1.807, 2.05) is 36.4 Å². The molecule has 1 aliphatic carbocycles. The van der Waals surface area contributed by atoms with Gasteiger partial charge >= 0.3 is 12.1 Å². The van der Waals surface area contributed by atoms with Crippen LogP contribution in [-0.2, 0) is 16.1 Å². The fourth-order valence-electron chi connectivity index (χ4n) is 4.26. The summed E-state index contributed by atoms with van der Waals surface area (Å²) in [6.45, 7) is 4.01. The first-order valence-corrected chi connectivity index (χ1v) is 11.3. The number of amides is 2. The highest BCUT2D eigenvalue weighted by atomic mass is 16.5. The summed E-state index contributed by atoms with van der Waals surface area (Å²) in [5, 5.41) is 14.4. The number of fused-ring (bicyclic) bond motifs is 3. The van der Waals surface area contributed by atoms with Gasteiger partial charge < -0.3 is 20.5 Å². The highest BCUT2D eigenvalue weighted by Gasteiger charge is 2.29. The number of carbonyl (C=O) groups excluding carboxylic acids is 2. The zero-order valence-electron chi connectivity index (χ0n) is 19.1. The van der Waals surface area contributed by atoms with E-state index in [9.17, 15) is 14.4 Å². The normalized spacial score (nSPS) is 12.7. The molecule has 3 N–H and O–H groups in total. The van der Waals surface area contributed by atoms with Crippen molar-refractivity contribution in [3.63, 3.8) is 0 Å². The lowest BCUT2D eigenvalue weighted by atomic mass is 9.98. The number of aromatic carboxylic acids is 1. The molecule has 1 unspecified atom stereocenters. The summed E-state index contributed by atoms with van der Waals surface area (Å²) < 4.78 is 5.55. The van der Waals surface area contributed by atoms with Crippen molar-refractivity contribution >= 4 is 18.0 Å². The fourth-order valence-corrected chi connectivity index (χ4v) is 4.26. The number of carboxylic acids is 1. The van der Waals surface area contributed by atoms with Gasteiger partial charge in [-0.1, -0.05) is 66.7 Å². The molecule has 4 rings (SSSR count). The third-order valence-electron chi connectivity index (χ3n) is 6.02. The van der Waals surface area contributed by atoms with Crippen LogP contribution < -0.4 is 10.6 Å². The molecule has 7 heteroatoms. The first kappa shape index (κ1) is 23.8. The van der Waals surface area contributed by atoms with Gasteiger partial charge in [0.1, 0.15) is 12.6 Å². The van der Waals surface area contributed by atoms with Gasteiger partial charge in [0.05, 0.1) is 5.56 Å². The standard InChI is InChI=1S/C28H26N2O5/c1-2-7-25(26(31)29-16-18-12-14-19(15-13-18)27(32)33)30-28(34)35-17-24-22-10-5-3-8-20(22)21-9-4-6-11-23(21)24/h2-6,8-15,24-25H,1,7,16-17H2,(H,29,31)(H,30,34)(H,32,33). The van der Waals surface area contributed by atoms with E-state index >= 15 is 0 Å². The summed E-state index contributed by atoms with van der Waals surface area (Å²) in [5.41, 5.74) is 5.39. The smallest absolute Gasteiger partial charge is 0.407 e. The number of alkyl carbamates (subject to hydrolysis) is 1. The van der Waals surface area contributed by atoms with E-state index in [1.165, 1.54) is 12.1 Å². The first-order valence-electron chi connectivity index (χ1n) is 11.3. The highest BCUT2D eigenvalue weighted by Crippen LogP contribution is 2.44. The molecule has 0 heterocycles. The number of hydrogen-bond acceptors (Lipinski definition) is 4. The number of hydrogen-bond donors (Lipinski definition) is 3. The predicted molar refractivity (Wildman–Crippen MR) is 132 cm³/mol. The Kier molecular flexibility index (Phi) is 7.26. The minimum Gasteiger partial charge on any atom is -0.478 e. The van der Waals surface area contributed by atoms with Crippen LogP contribution in [0.1, 0.15) is 39.4 Å². The van der Waals surface area contributed by atoms with Gasteiger partial charge in [-0.15, -0.1) is 6.58 Å². The molecular weight excluding hydrogens is 444 g/mol. The summed E-state index contributed by atoms with van der Waals surface area (Å²) >= 11 is 0. The lowest BCUT2D eigenvalue weighted by Gasteiger charge is -2.19. The van der Waals surface area contributed by atoms with E-state index in [1.54, 1.807) is 18.2 Å². The monoisotopic (exact) mass is 470 g/mol. The van der Waals surface area contributed by atoms with Crippen molar-refractivity contribution in [3.05, 3.63) is 108 Å². The number of carboxylic acid groups (broad SMARTS) is 1. The van der Waals surface area contributed by atoms with Gasteiger partial charge in [0.2, 0.25) is 5.91 Å². The Morgan fingerprint density at radius 1 is 0.943 bits per heavy atom. The molecule has 0 aliphatic heterocycles. The molecule has 0 bridgehead atoms. The number of carbonyl (C=O) groups is 3. The van der Waals surface area contributed by atoms with Crippen LogP contribution in [0.2, 0.25) is 0 Å². The maximum atomic E-state index is 12.7. The highest BCUT2D eigenvalue weighted by molar-refractivity contribution is 5.88. The van der Waals surface area contributed by atoms with Crippen molar-refractivity contribution in [3.8, 4) is 11.1 Å². The van der Waals surface area contributed by atoms with Gasteiger partial charge in [-0.25, -0.2) is 9.59 Å². The van der Waals surface area contributed by atoms with Gasteiger partial charge in [-0.2, -0.15) is 0 Å². The Morgan fingerprint density at radius 2 is 1.54 bits per heavy atom. The largest absolute Gasteiger partial charge is 0.478 e. The lowest BCUT2D eigenvalue weighted by molar-refractivity contribution is -0.123. The average molecular weight is 471 g/mol. The molecule has 0 saturated heterocycles. The quantitative estimate of drug-likeness (QED) is 0.400. The molecule has 3 aromatic rings. The molecule has 0 saturated carbocycles. The zero-order valence-corrected chi connectivity index (χ0v) is 19.1. The summed E-state index contributed by atoms with van der Waals surface area (Å²) in [6, 6.07) is 21.5. The van der Waals surface area contributed by atoms with Crippen LogP contribution >= 0.6 is 0 Å². The van der Waals surface area contributed by atoms with Crippen LogP contribution in [0.5, 0.6) is 0 Å². The van der Waals surface area contributed by atoms with Gasteiger partial charge in [0.25, 0.3) is 0 Å². The van der Waals surface area contributed by atoms with Crippen LogP contribution in [0.25, 0.3) is 11.1 Å². The Bertz CT molecular complexity index is 1210. The summed E-state index contributed by atoms with van der Waals surface area (Å²) in [5.74, 6) is -1.48. The molecule has 178 valence electrons. The van der Waals surface area contributed by atoms with Crippen molar-refractivity contribution in [1.29, 1.82) is 0 Å². The van der Waals surface area contributed by atoms with Crippen molar-refractivity contribution in [1.82, 2.24) is 10.6 Å².